The molecule has 11 heteroatoms. The van der Waals surface area contributed by atoms with E-state index in [-0.39, 0.29) is 15.6 Å². The number of para-hydroxylation sites is 1. The number of aromatic carboxylic acids is 3. The minimum Gasteiger partial charge on any atom is -0.478 e. The van der Waals surface area contributed by atoms with Crippen molar-refractivity contribution in [1.29, 1.82) is 0 Å². The van der Waals surface area contributed by atoms with Crippen LogP contribution in [-0.2, 0) is 0 Å². The summed E-state index contributed by atoms with van der Waals surface area (Å²) in [6.07, 6.45) is 0.986. The molecular formula is C17H9Cl3N2O6. The van der Waals surface area contributed by atoms with Crippen LogP contribution in [0.4, 0.5) is 0 Å². The summed E-state index contributed by atoms with van der Waals surface area (Å²) in [5, 5.41) is 26.8. The van der Waals surface area contributed by atoms with E-state index in [1.54, 1.807) is 24.3 Å². The van der Waals surface area contributed by atoms with E-state index in [4.69, 9.17) is 50.1 Å². The van der Waals surface area contributed by atoms with E-state index in [1.165, 1.54) is 6.07 Å². The lowest BCUT2D eigenvalue weighted by atomic mass is 10.1. The van der Waals surface area contributed by atoms with Gasteiger partial charge in [-0.15, -0.1) is 0 Å². The molecular weight excluding hydrogens is 435 g/mol. The van der Waals surface area contributed by atoms with Crippen molar-refractivity contribution in [2.75, 3.05) is 0 Å². The van der Waals surface area contributed by atoms with E-state index in [2.05, 4.69) is 9.97 Å². The molecule has 0 radical (unpaired) electrons. The molecule has 1 aromatic carbocycles. The van der Waals surface area contributed by atoms with Crippen LogP contribution in [0.1, 0.15) is 31.2 Å². The number of pyridine rings is 2. The maximum absolute atomic E-state index is 10.8. The third kappa shape index (κ3) is 4.66. The number of fused-ring (bicyclic) bond motifs is 1. The topological polar surface area (TPSA) is 138 Å². The first kappa shape index (κ1) is 21.4. The predicted molar refractivity (Wildman–Crippen MR) is 102 cm³/mol. The molecule has 0 unspecified atom stereocenters. The van der Waals surface area contributed by atoms with E-state index in [0.29, 0.717) is 10.7 Å². The average Bonchev–Trinajstić information content (AvgIpc) is 2.63. The number of aromatic nitrogens is 2. The standard InChI is InChI=1S/C10H6ClNO2.C7H3Cl2NO4/c11-8-5-4-6-2-1-3-7(10(13)14)9(6)12-8;8-2-1-10-5(7(13)14)3(4(2)9)6(11)12/h1-5H,(H,13,14);1H,(H,11,12)(H,13,14). The largest absolute Gasteiger partial charge is 0.478 e. The molecule has 0 amide bonds. The molecule has 0 spiro atoms. The Morgan fingerprint density at radius 1 is 0.857 bits per heavy atom. The number of carboxylic acid groups (broad SMARTS) is 3. The fourth-order valence-electron chi connectivity index (χ4n) is 2.12. The van der Waals surface area contributed by atoms with Gasteiger partial charge >= 0.3 is 17.9 Å². The fourth-order valence-corrected chi connectivity index (χ4v) is 2.63. The summed E-state index contributed by atoms with van der Waals surface area (Å²) >= 11 is 16.7. The first-order valence-corrected chi connectivity index (χ1v) is 8.36. The minimum atomic E-state index is -1.48. The number of carbonyl (C=O) groups is 3. The van der Waals surface area contributed by atoms with Crippen LogP contribution >= 0.6 is 34.8 Å². The molecule has 0 saturated carbocycles. The summed E-state index contributed by atoms with van der Waals surface area (Å²) in [5.41, 5.74) is -0.643. The van der Waals surface area contributed by atoms with E-state index >= 15 is 0 Å². The highest BCUT2D eigenvalue weighted by Gasteiger charge is 2.22. The van der Waals surface area contributed by atoms with Crippen molar-refractivity contribution in [2.45, 2.75) is 0 Å². The minimum absolute atomic E-state index is 0.103. The highest BCUT2D eigenvalue weighted by Crippen LogP contribution is 2.27. The zero-order chi connectivity index (χ0) is 21.0. The summed E-state index contributed by atoms with van der Waals surface area (Å²) in [7, 11) is 0. The van der Waals surface area contributed by atoms with Crippen molar-refractivity contribution < 1.29 is 29.7 Å². The smallest absolute Gasteiger partial charge is 0.355 e. The van der Waals surface area contributed by atoms with Gasteiger partial charge in [-0.1, -0.05) is 46.9 Å². The number of carboxylic acids is 3. The Bertz CT molecular complexity index is 1100. The van der Waals surface area contributed by atoms with Gasteiger partial charge in [0.2, 0.25) is 0 Å². The van der Waals surface area contributed by atoms with Gasteiger partial charge in [0, 0.05) is 11.6 Å². The first-order valence-electron chi connectivity index (χ1n) is 7.22. The van der Waals surface area contributed by atoms with Crippen LogP contribution in [0.5, 0.6) is 0 Å². The van der Waals surface area contributed by atoms with Crippen molar-refractivity contribution in [3.8, 4) is 0 Å². The normalized spacial score (nSPS) is 10.1. The third-order valence-electron chi connectivity index (χ3n) is 3.31. The van der Waals surface area contributed by atoms with Crippen LogP contribution in [-0.4, -0.2) is 43.2 Å². The summed E-state index contributed by atoms with van der Waals surface area (Å²) in [5.74, 6) is -3.95. The molecule has 0 aliphatic rings. The molecule has 0 atom stereocenters. The van der Waals surface area contributed by atoms with Crippen LogP contribution in [0.3, 0.4) is 0 Å². The molecule has 3 N–H and O–H groups in total. The SMILES string of the molecule is O=C(O)c1cccc2ccc(Cl)nc12.O=C(O)c1ncc(Cl)c(Cl)c1C(=O)O. The van der Waals surface area contributed by atoms with Crippen molar-refractivity contribution in [1.82, 2.24) is 9.97 Å². The number of benzene rings is 1. The van der Waals surface area contributed by atoms with Gasteiger partial charge in [0.25, 0.3) is 0 Å². The Morgan fingerprint density at radius 2 is 1.54 bits per heavy atom. The average molecular weight is 444 g/mol. The highest BCUT2D eigenvalue weighted by molar-refractivity contribution is 6.44. The van der Waals surface area contributed by atoms with Crippen molar-refractivity contribution >= 4 is 63.6 Å². The predicted octanol–water partition coefficient (Wildman–Crippen LogP) is 4.37. The van der Waals surface area contributed by atoms with Crippen LogP contribution in [0.15, 0.2) is 36.5 Å². The molecule has 144 valence electrons. The van der Waals surface area contributed by atoms with Crippen LogP contribution in [0.25, 0.3) is 10.9 Å². The molecule has 3 rings (SSSR count). The van der Waals surface area contributed by atoms with Crippen LogP contribution in [0, 0.1) is 0 Å². The zero-order valence-corrected chi connectivity index (χ0v) is 15.8. The number of nitrogens with zero attached hydrogens (tertiary/aromatic N) is 2. The van der Waals surface area contributed by atoms with Gasteiger partial charge in [0.05, 0.1) is 21.1 Å². The lowest BCUT2D eigenvalue weighted by Gasteiger charge is -2.03. The van der Waals surface area contributed by atoms with Gasteiger partial charge in [-0.05, 0) is 18.2 Å². The van der Waals surface area contributed by atoms with Gasteiger partial charge in [-0.2, -0.15) is 0 Å². The first-order chi connectivity index (χ1) is 13.1. The van der Waals surface area contributed by atoms with Crippen molar-refractivity contribution in [3.05, 3.63) is 68.5 Å². The molecule has 0 aliphatic heterocycles. The fraction of sp³-hybridized carbons (Fsp3) is 0. The second-order valence-corrected chi connectivity index (χ2v) is 6.24. The maximum Gasteiger partial charge on any atom is 0.355 e. The number of halogens is 3. The summed E-state index contributed by atoms with van der Waals surface area (Å²) < 4.78 is 0. The molecule has 0 bridgehead atoms. The maximum atomic E-state index is 10.8. The van der Waals surface area contributed by atoms with Gasteiger partial charge in [0.15, 0.2) is 5.69 Å². The Morgan fingerprint density at radius 3 is 2.11 bits per heavy atom. The van der Waals surface area contributed by atoms with E-state index in [1.807, 2.05) is 0 Å². The zero-order valence-electron chi connectivity index (χ0n) is 13.6. The highest BCUT2D eigenvalue weighted by atomic mass is 35.5. The Hall–Kier alpha value is -2.94. The molecule has 8 nitrogen and oxygen atoms in total. The van der Waals surface area contributed by atoms with Crippen molar-refractivity contribution in [3.63, 3.8) is 0 Å². The lowest BCUT2D eigenvalue weighted by molar-refractivity contribution is 0.0646. The van der Waals surface area contributed by atoms with Gasteiger partial charge < -0.3 is 15.3 Å². The number of hydrogen-bond acceptors (Lipinski definition) is 5. The molecule has 0 aliphatic carbocycles. The van der Waals surface area contributed by atoms with Gasteiger partial charge in [-0.3, -0.25) is 0 Å². The monoisotopic (exact) mass is 442 g/mol. The quantitative estimate of drug-likeness (QED) is 0.507. The Kier molecular flexibility index (Phi) is 6.74. The number of hydrogen-bond donors (Lipinski definition) is 3. The van der Waals surface area contributed by atoms with Crippen LogP contribution in [0.2, 0.25) is 15.2 Å². The van der Waals surface area contributed by atoms with Gasteiger partial charge in [-0.25, -0.2) is 24.4 Å². The molecule has 28 heavy (non-hydrogen) atoms. The number of rotatable bonds is 3. The summed E-state index contributed by atoms with van der Waals surface area (Å²) in [6.45, 7) is 0. The summed E-state index contributed by atoms with van der Waals surface area (Å²) in [4.78, 5) is 39.4. The molecule has 2 heterocycles. The summed E-state index contributed by atoms with van der Waals surface area (Å²) in [6, 6.07) is 8.37. The lowest BCUT2D eigenvalue weighted by Crippen LogP contribution is -2.11. The Labute approximate surface area is 171 Å². The van der Waals surface area contributed by atoms with Gasteiger partial charge in [0.1, 0.15) is 10.7 Å². The molecule has 0 fully saturated rings. The molecule has 0 saturated heterocycles. The third-order valence-corrected chi connectivity index (χ3v) is 4.29. The van der Waals surface area contributed by atoms with E-state index < -0.39 is 29.2 Å². The molecule has 3 aromatic rings. The second-order valence-electron chi connectivity index (χ2n) is 5.07. The molecule has 2 aromatic heterocycles. The Balaban J connectivity index is 0.000000200. The van der Waals surface area contributed by atoms with E-state index in [0.717, 1.165) is 11.6 Å². The second kappa shape index (κ2) is 8.83. The van der Waals surface area contributed by atoms with Crippen molar-refractivity contribution in [2.24, 2.45) is 0 Å². The van der Waals surface area contributed by atoms with E-state index in [9.17, 15) is 14.4 Å². The van der Waals surface area contributed by atoms with Crippen LogP contribution < -0.4 is 0 Å².